The van der Waals surface area contributed by atoms with E-state index in [4.69, 9.17) is 18.9 Å². The summed E-state index contributed by atoms with van der Waals surface area (Å²) in [5.74, 6) is -1.36. The summed E-state index contributed by atoms with van der Waals surface area (Å²) in [6, 6.07) is 7.74. The first kappa shape index (κ1) is 29.1. The van der Waals surface area contributed by atoms with Crippen molar-refractivity contribution in [3.05, 3.63) is 35.9 Å². The van der Waals surface area contributed by atoms with Gasteiger partial charge in [-0.25, -0.2) is 14.4 Å². The lowest BCUT2D eigenvalue weighted by atomic mass is 10.1. The summed E-state index contributed by atoms with van der Waals surface area (Å²) >= 11 is 0. The lowest BCUT2D eigenvalue weighted by molar-refractivity contribution is -0.156. The van der Waals surface area contributed by atoms with Crippen LogP contribution in [0.3, 0.4) is 0 Å². The third-order valence-corrected chi connectivity index (χ3v) is 5.21. The van der Waals surface area contributed by atoms with Crippen molar-refractivity contribution in [2.75, 3.05) is 0 Å². The number of esters is 2. The molecule has 0 bridgehead atoms. The molecular weight excluding hydrogens is 466 g/mol. The Morgan fingerprint density at radius 2 is 1.42 bits per heavy atom. The van der Waals surface area contributed by atoms with E-state index in [1.54, 1.807) is 41.5 Å². The van der Waals surface area contributed by atoms with Gasteiger partial charge in [-0.3, -0.25) is 4.79 Å². The molecular formula is C27H39NO8. The molecule has 1 aromatic carbocycles. The maximum Gasteiger partial charge on any atom is 0.420 e. The van der Waals surface area contributed by atoms with Crippen LogP contribution in [0.5, 0.6) is 0 Å². The highest BCUT2D eigenvalue weighted by atomic mass is 16.6. The van der Waals surface area contributed by atoms with Crippen LogP contribution in [0.1, 0.15) is 85.6 Å². The molecule has 2 rings (SSSR count). The predicted molar refractivity (Wildman–Crippen MR) is 132 cm³/mol. The van der Waals surface area contributed by atoms with Crippen molar-refractivity contribution in [3.8, 4) is 0 Å². The number of carbonyl (C=O) groups excluding carboxylic acids is 4. The molecule has 0 unspecified atom stereocenters. The largest absolute Gasteiger partial charge is 0.461 e. The van der Waals surface area contributed by atoms with Gasteiger partial charge in [0, 0.05) is 6.42 Å². The molecule has 0 aliphatic heterocycles. The van der Waals surface area contributed by atoms with Gasteiger partial charge in [-0.05, 0) is 79.2 Å². The minimum Gasteiger partial charge on any atom is -0.461 e. The Morgan fingerprint density at radius 1 is 0.889 bits per heavy atom. The van der Waals surface area contributed by atoms with Gasteiger partial charge in [0.15, 0.2) is 0 Å². The Hall–Kier alpha value is -3.10. The van der Waals surface area contributed by atoms with E-state index in [0.717, 1.165) is 18.4 Å². The van der Waals surface area contributed by atoms with Crippen molar-refractivity contribution in [1.82, 2.24) is 4.90 Å². The summed E-state index contributed by atoms with van der Waals surface area (Å²) < 4.78 is 21.8. The van der Waals surface area contributed by atoms with Crippen molar-refractivity contribution in [2.24, 2.45) is 0 Å². The third kappa shape index (κ3) is 10.3. The number of ether oxygens (including phenoxy) is 4. The number of nitrogens with zero attached hydrogens (tertiary/aromatic N) is 1. The van der Waals surface area contributed by atoms with Gasteiger partial charge in [-0.1, -0.05) is 30.3 Å². The Balaban J connectivity index is 2.23. The Labute approximate surface area is 213 Å². The van der Waals surface area contributed by atoms with E-state index in [1.165, 1.54) is 0 Å². The van der Waals surface area contributed by atoms with Gasteiger partial charge < -0.3 is 18.9 Å². The molecule has 1 aliphatic carbocycles. The Kier molecular flexibility index (Phi) is 10.3. The van der Waals surface area contributed by atoms with E-state index in [2.05, 4.69) is 0 Å². The zero-order valence-corrected chi connectivity index (χ0v) is 22.2. The minimum absolute atomic E-state index is 0.0682. The second kappa shape index (κ2) is 12.7. The monoisotopic (exact) mass is 505 g/mol. The summed E-state index contributed by atoms with van der Waals surface area (Å²) in [5.41, 5.74) is -1.07. The Morgan fingerprint density at radius 3 is 1.92 bits per heavy atom. The average molecular weight is 506 g/mol. The first-order chi connectivity index (χ1) is 16.7. The minimum atomic E-state index is -1.42. The maximum absolute atomic E-state index is 13.2. The molecule has 1 atom stereocenters. The zero-order chi connectivity index (χ0) is 26.9. The quantitative estimate of drug-likeness (QED) is 0.335. The van der Waals surface area contributed by atoms with Crippen LogP contribution >= 0.6 is 0 Å². The summed E-state index contributed by atoms with van der Waals surface area (Å²) in [4.78, 5) is 52.6. The normalized spacial score (nSPS) is 15.1. The fourth-order valence-electron chi connectivity index (χ4n) is 3.62. The predicted octanol–water partition coefficient (Wildman–Crippen LogP) is 5.54. The van der Waals surface area contributed by atoms with Gasteiger partial charge in [0.05, 0.1) is 0 Å². The van der Waals surface area contributed by atoms with Gasteiger partial charge >= 0.3 is 24.1 Å². The molecule has 200 valence electrons. The zero-order valence-electron chi connectivity index (χ0n) is 22.2. The van der Waals surface area contributed by atoms with E-state index in [-0.39, 0.29) is 25.6 Å². The molecule has 1 aromatic rings. The van der Waals surface area contributed by atoms with E-state index >= 15 is 0 Å². The molecule has 36 heavy (non-hydrogen) atoms. The number of amides is 2. The molecule has 1 saturated carbocycles. The molecule has 0 aromatic heterocycles. The van der Waals surface area contributed by atoms with Crippen LogP contribution in [0, 0.1) is 0 Å². The molecule has 0 N–H and O–H groups in total. The van der Waals surface area contributed by atoms with Crippen LogP contribution in [0.4, 0.5) is 9.59 Å². The number of benzene rings is 1. The molecule has 2 amide bonds. The lowest BCUT2D eigenvalue weighted by Gasteiger charge is -2.32. The van der Waals surface area contributed by atoms with Crippen LogP contribution in [0.15, 0.2) is 30.3 Å². The molecule has 0 heterocycles. The van der Waals surface area contributed by atoms with E-state index in [9.17, 15) is 19.2 Å². The van der Waals surface area contributed by atoms with Crippen molar-refractivity contribution in [3.63, 3.8) is 0 Å². The van der Waals surface area contributed by atoms with Crippen LogP contribution in [-0.4, -0.2) is 52.4 Å². The molecule has 0 radical (unpaired) electrons. The highest BCUT2D eigenvalue weighted by Gasteiger charge is 2.42. The van der Waals surface area contributed by atoms with Gasteiger partial charge in [-0.2, -0.15) is 4.90 Å². The second-order valence-electron chi connectivity index (χ2n) is 10.9. The highest BCUT2D eigenvalue weighted by molar-refractivity contribution is 5.94. The SMILES string of the molecule is CC(C)(C)OC(=O)N(C(=O)OC(C)(C)C)[C@H](CCC(=O)OCc1ccccc1)C(=O)OC1CCCC1. The molecule has 0 saturated heterocycles. The molecule has 0 spiro atoms. The van der Waals surface area contributed by atoms with Crippen molar-refractivity contribution < 1.29 is 38.1 Å². The summed E-state index contributed by atoms with van der Waals surface area (Å²) in [6.45, 7) is 9.93. The number of rotatable bonds is 8. The molecule has 1 fully saturated rings. The van der Waals surface area contributed by atoms with E-state index < -0.39 is 41.4 Å². The standard InChI is InChI=1S/C27H39NO8/c1-26(2,3)35-24(31)28(25(32)36-27(4,5)6)21(23(30)34-20-14-10-11-15-20)16-17-22(29)33-18-19-12-8-7-9-13-19/h7-9,12-13,20-21H,10-11,14-18H2,1-6H3/t21-/m1/s1. The van der Waals surface area contributed by atoms with Crippen LogP contribution in [-0.2, 0) is 35.1 Å². The maximum atomic E-state index is 13.2. The van der Waals surface area contributed by atoms with E-state index in [1.807, 2.05) is 30.3 Å². The van der Waals surface area contributed by atoms with Gasteiger partial charge in [0.1, 0.15) is 30.0 Å². The summed E-state index contributed by atoms with van der Waals surface area (Å²) in [5, 5.41) is 0. The number of carbonyl (C=O) groups is 4. The number of hydrogen-bond donors (Lipinski definition) is 0. The van der Waals surface area contributed by atoms with Crippen molar-refractivity contribution in [2.45, 2.75) is 110 Å². The van der Waals surface area contributed by atoms with Crippen molar-refractivity contribution in [1.29, 1.82) is 0 Å². The fourth-order valence-corrected chi connectivity index (χ4v) is 3.62. The number of hydrogen-bond acceptors (Lipinski definition) is 8. The van der Waals surface area contributed by atoms with Crippen LogP contribution in [0.2, 0.25) is 0 Å². The highest BCUT2D eigenvalue weighted by Crippen LogP contribution is 2.25. The third-order valence-electron chi connectivity index (χ3n) is 5.21. The molecule has 9 nitrogen and oxygen atoms in total. The first-order valence-corrected chi connectivity index (χ1v) is 12.4. The van der Waals surface area contributed by atoms with Gasteiger partial charge in [0.2, 0.25) is 0 Å². The Bertz CT molecular complexity index is 867. The van der Waals surface area contributed by atoms with Crippen LogP contribution < -0.4 is 0 Å². The average Bonchev–Trinajstić information content (AvgIpc) is 3.26. The summed E-state index contributed by atoms with van der Waals surface area (Å²) in [6.07, 6.45) is 0.436. The molecule has 1 aliphatic rings. The van der Waals surface area contributed by atoms with Gasteiger partial charge in [-0.15, -0.1) is 0 Å². The second-order valence-corrected chi connectivity index (χ2v) is 10.9. The van der Waals surface area contributed by atoms with Crippen molar-refractivity contribution >= 4 is 24.1 Å². The van der Waals surface area contributed by atoms with Crippen LogP contribution in [0.25, 0.3) is 0 Å². The molecule has 9 heteroatoms. The van der Waals surface area contributed by atoms with Gasteiger partial charge in [0.25, 0.3) is 0 Å². The first-order valence-electron chi connectivity index (χ1n) is 12.4. The summed E-state index contributed by atoms with van der Waals surface area (Å²) in [7, 11) is 0. The topological polar surface area (TPSA) is 108 Å². The smallest absolute Gasteiger partial charge is 0.420 e. The lowest BCUT2D eigenvalue weighted by Crippen LogP contribution is -2.53. The number of imide groups is 1. The fraction of sp³-hybridized carbons (Fsp3) is 0.630. The van der Waals surface area contributed by atoms with E-state index in [0.29, 0.717) is 17.7 Å².